The van der Waals surface area contributed by atoms with Gasteiger partial charge in [0.15, 0.2) is 5.16 Å². The lowest BCUT2D eigenvalue weighted by Crippen LogP contribution is -2.44. The van der Waals surface area contributed by atoms with Gasteiger partial charge in [0.2, 0.25) is 0 Å². The van der Waals surface area contributed by atoms with E-state index >= 15 is 0 Å². The first-order valence-corrected chi connectivity index (χ1v) is 9.43. The maximum absolute atomic E-state index is 9.73. The molecule has 1 atom stereocenters. The third-order valence-electron chi connectivity index (χ3n) is 4.63. The average molecular weight is 338 g/mol. The fourth-order valence-electron chi connectivity index (χ4n) is 3.28. The number of nitrogens with two attached hydrogens (primary N) is 1. The zero-order chi connectivity index (χ0) is 16.3. The molecule has 0 amide bonds. The molecule has 2 saturated heterocycles. The van der Waals surface area contributed by atoms with Crippen molar-refractivity contribution in [1.82, 2.24) is 9.97 Å². The summed E-state index contributed by atoms with van der Waals surface area (Å²) in [7, 11) is 0. The molecule has 1 aromatic rings. The minimum Gasteiger partial charge on any atom is -0.391 e. The predicted octanol–water partition coefficient (Wildman–Crippen LogP) is 2.07. The molecule has 7 heteroatoms. The molecule has 23 heavy (non-hydrogen) atoms. The molecule has 128 valence electrons. The molecule has 2 aliphatic rings. The van der Waals surface area contributed by atoms with Gasteiger partial charge in [-0.25, -0.2) is 9.97 Å². The van der Waals surface area contributed by atoms with Gasteiger partial charge in [0.25, 0.3) is 0 Å². The van der Waals surface area contributed by atoms with Gasteiger partial charge in [-0.2, -0.15) is 0 Å². The van der Waals surface area contributed by atoms with E-state index in [-0.39, 0.29) is 11.7 Å². The van der Waals surface area contributed by atoms with Crippen LogP contribution in [0.15, 0.2) is 11.2 Å². The number of hydrogen-bond acceptors (Lipinski definition) is 7. The lowest BCUT2D eigenvalue weighted by atomic mass is 9.88. The Kier molecular flexibility index (Phi) is 5.28. The number of nitrogen functional groups attached to an aromatic ring is 1. The molecule has 6 nitrogen and oxygen atoms in total. The van der Waals surface area contributed by atoms with Crippen LogP contribution in [-0.4, -0.2) is 52.2 Å². The van der Waals surface area contributed by atoms with Crippen molar-refractivity contribution < 1.29 is 9.84 Å². The molecule has 1 spiro atoms. The number of piperidine rings is 1. The Balaban J connectivity index is 1.63. The summed E-state index contributed by atoms with van der Waals surface area (Å²) in [5.74, 6) is 2.46. The highest BCUT2D eigenvalue weighted by Crippen LogP contribution is 2.37. The van der Waals surface area contributed by atoms with Gasteiger partial charge < -0.3 is 20.5 Å². The van der Waals surface area contributed by atoms with Crippen LogP contribution < -0.4 is 10.6 Å². The Bertz CT molecular complexity index is 535. The van der Waals surface area contributed by atoms with Crippen molar-refractivity contribution in [2.24, 2.45) is 0 Å². The molecule has 3 heterocycles. The predicted molar refractivity (Wildman–Crippen MR) is 92.8 cm³/mol. The summed E-state index contributed by atoms with van der Waals surface area (Å²) >= 11 is 1.67. The average Bonchev–Trinajstić information content (AvgIpc) is 2.88. The molecule has 3 rings (SSSR count). The highest BCUT2D eigenvalue weighted by atomic mass is 32.2. The largest absolute Gasteiger partial charge is 0.391 e. The second-order valence-corrected chi connectivity index (χ2v) is 7.54. The minimum atomic E-state index is -0.308. The Morgan fingerprint density at radius 3 is 2.87 bits per heavy atom. The Morgan fingerprint density at radius 1 is 1.43 bits per heavy atom. The molecule has 3 N–H and O–H groups in total. The lowest BCUT2D eigenvalue weighted by Gasteiger charge is -2.39. The highest BCUT2D eigenvalue weighted by Gasteiger charge is 2.42. The summed E-state index contributed by atoms with van der Waals surface area (Å²) in [6.45, 7) is 4.40. The molecule has 0 bridgehead atoms. The molecule has 2 aliphatic heterocycles. The number of aromatic nitrogens is 2. The zero-order valence-corrected chi connectivity index (χ0v) is 14.5. The molecule has 0 aromatic carbocycles. The first-order chi connectivity index (χ1) is 11.1. The third kappa shape index (κ3) is 4.08. The number of ether oxygens (including phenoxy) is 1. The number of thioether (sulfide) groups is 1. The maximum Gasteiger partial charge on any atom is 0.191 e. The van der Waals surface area contributed by atoms with E-state index in [2.05, 4.69) is 21.8 Å². The van der Waals surface area contributed by atoms with Gasteiger partial charge in [0.05, 0.1) is 18.3 Å². The molecule has 2 fully saturated rings. The van der Waals surface area contributed by atoms with Gasteiger partial charge in [-0.1, -0.05) is 25.1 Å². The van der Waals surface area contributed by atoms with E-state index in [4.69, 9.17) is 10.5 Å². The molecule has 1 unspecified atom stereocenters. The van der Waals surface area contributed by atoms with Crippen molar-refractivity contribution in [2.45, 2.75) is 55.9 Å². The topological polar surface area (TPSA) is 84.5 Å². The lowest BCUT2D eigenvalue weighted by molar-refractivity contribution is -0.0167. The monoisotopic (exact) mass is 338 g/mol. The van der Waals surface area contributed by atoms with Crippen LogP contribution >= 0.6 is 11.8 Å². The number of hydrogen-bond donors (Lipinski definition) is 2. The molecule has 0 aliphatic carbocycles. The van der Waals surface area contributed by atoms with Crippen LogP contribution in [0, 0.1) is 0 Å². The third-order valence-corrected chi connectivity index (χ3v) is 5.56. The van der Waals surface area contributed by atoms with Crippen LogP contribution in [0.3, 0.4) is 0 Å². The summed E-state index contributed by atoms with van der Waals surface area (Å²) < 4.78 is 5.85. The van der Waals surface area contributed by atoms with Crippen molar-refractivity contribution in [3.8, 4) is 0 Å². The Labute approximate surface area is 141 Å². The molecule has 0 saturated carbocycles. The van der Waals surface area contributed by atoms with E-state index in [9.17, 15) is 5.11 Å². The van der Waals surface area contributed by atoms with E-state index < -0.39 is 0 Å². The fourth-order valence-corrected chi connectivity index (χ4v) is 4.22. The molecule has 1 aromatic heterocycles. The number of anilines is 2. The van der Waals surface area contributed by atoms with Crippen molar-refractivity contribution in [1.29, 1.82) is 0 Å². The molecule has 0 radical (unpaired) electrons. The summed E-state index contributed by atoms with van der Waals surface area (Å²) in [5, 5.41) is 10.5. The van der Waals surface area contributed by atoms with E-state index in [0.717, 1.165) is 55.5 Å². The first-order valence-electron chi connectivity index (χ1n) is 8.44. The SMILES string of the molecule is CCCCSc1nc(N)cc(N2CCC3(CC2)CC(O)CO3)n1. The molecular formula is C16H26N4O2S. The van der Waals surface area contributed by atoms with Gasteiger partial charge in [0.1, 0.15) is 11.6 Å². The maximum atomic E-state index is 9.73. The first kappa shape index (κ1) is 16.8. The van der Waals surface area contributed by atoms with Crippen molar-refractivity contribution >= 4 is 23.4 Å². The number of rotatable bonds is 5. The van der Waals surface area contributed by atoms with Gasteiger partial charge >= 0.3 is 0 Å². The minimum absolute atomic E-state index is 0.132. The van der Waals surface area contributed by atoms with Crippen molar-refractivity contribution in [3.63, 3.8) is 0 Å². The zero-order valence-electron chi connectivity index (χ0n) is 13.7. The van der Waals surface area contributed by atoms with Gasteiger partial charge in [-0.3, -0.25) is 0 Å². The number of unbranched alkanes of at least 4 members (excludes halogenated alkanes) is 1. The number of aliphatic hydroxyl groups is 1. The second kappa shape index (κ2) is 7.23. The quantitative estimate of drug-likeness (QED) is 0.483. The molecular weight excluding hydrogens is 312 g/mol. The highest BCUT2D eigenvalue weighted by molar-refractivity contribution is 7.99. The Hall–Kier alpha value is -1.05. The summed E-state index contributed by atoms with van der Waals surface area (Å²) in [6, 6.07) is 1.85. The second-order valence-electron chi connectivity index (χ2n) is 6.47. The van der Waals surface area contributed by atoms with E-state index in [1.807, 2.05) is 6.07 Å². The van der Waals surface area contributed by atoms with Gasteiger partial charge in [-0.05, 0) is 19.3 Å². The van der Waals surface area contributed by atoms with Crippen molar-refractivity contribution in [3.05, 3.63) is 6.07 Å². The summed E-state index contributed by atoms with van der Waals surface area (Å²) in [6.07, 6.45) is 4.62. The Morgan fingerprint density at radius 2 is 2.22 bits per heavy atom. The normalized spacial score (nSPS) is 23.6. The van der Waals surface area contributed by atoms with E-state index in [0.29, 0.717) is 12.4 Å². The van der Waals surface area contributed by atoms with Crippen LogP contribution in [0.5, 0.6) is 0 Å². The van der Waals surface area contributed by atoms with Gasteiger partial charge in [-0.15, -0.1) is 0 Å². The van der Waals surface area contributed by atoms with E-state index in [1.54, 1.807) is 11.8 Å². The fraction of sp³-hybridized carbons (Fsp3) is 0.750. The van der Waals surface area contributed by atoms with Gasteiger partial charge in [0, 0.05) is 31.3 Å². The summed E-state index contributed by atoms with van der Waals surface area (Å²) in [5.41, 5.74) is 5.82. The van der Waals surface area contributed by atoms with Crippen LogP contribution in [0.25, 0.3) is 0 Å². The van der Waals surface area contributed by atoms with Crippen LogP contribution in [0.2, 0.25) is 0 Å². The summed E-state index contributed by atoms with van der Waals surface area (Å²) in [4.78, 5) is 11.2. The smallest absolute Gasteiger partial charge is 0.191 e. The number of aliphatic hydroxyl groups excluding tert-OH is 1. The van der Waals surface area contributed by atoms with Crippen LogP contribution in [0.1, 0.15) is 39.0 Å². The standard InChI is InChI=1S/C16H26N4O2S/c1-2-3-8-23-15-18-13(17)9-14(19-15)20-6-4-16(5-7-20)10-12(21)11-22-16/h9,12,21H,2-8,10-11H2,1H3,(H2,17,18,19). The van der Waals surface area contributed by atoms with Crippen LogP contribution in [0.4, 0.5) is 11.6 Å². The van der Waals surface area contributed by atoms with Crippen molar-refractivity contribution in [2.75, 3.05) is 36.1 Å². The van der Waals surface area contributed by atoms with Crippen LogP contribution in [-0.2, 0) is 4.74 Å². The number of nitrogens with zero attached hydrogens (tertiary/aromatic N) is 3. The van der Waals surface area contributed by atoms with E-state index in [1.165, 1.54) is 6.42 Å².